The molecule has 1 aliphatic heterocycles. The number of rotatable bonds is 4. The summed E-state index contributed by atoms with van der Waals surface area (Å²) in [5.74, 6) is -0.200. The number of aromatic nitrogens is 2. The van der Waals surface area contributed by atoms with Crippen LogP contribution in [0.5, 0.6) is 0 Å². The zero-order valence-corrected chi connectivity index (χ0v) is 12.1. The first kappa shape index (κ1) is 15.3. The number of ether oxygens (including phenoxy) is 2. The number of hydrogen-bond acceptors (Lipinski definition) is 6. The monoisotopic (exact) mass is 317 g/mol. The number of carbonyl (C=O) groups is 1. The summed E-state index contributed by atoms with van der Waals surface area (Å²) in [4.78, 5) is 27.9. The predicted octanol–water partition coefficient (Wildman–Crippen LogP) is 0.359. The largest absolute Gasteiger partial charge is 0.391 e. The molecule has 0 spiro atoms. The average molecular weight is 317 g/mol. The minimum Gasteiger partial charge on any atom is -0.391 e. The van der Waals surface area contributed by atoms with Crippen LogP contribution < -0.4 is 11.0 Å². The Morgan fingerprint density at radius 1 is 1.35 bits per heavy atom. The van der Waals surface area contributed by atoms with E-state index in [0.29, 0.717) is 5.56 Å². The molecule has 2 aromatic rings. The van der Waals surface area contributed by atoms with E-state index in [-0.39, 0.29) is 24.9 Å². The number of nitrogens with one attached hydrogen (secondary N) is 1. The smallest absolute Gasteiger partial charge is 0.351 e. The van der Waals surface area contributed by atoms with Crippen LogP contribution >= 0.6 is 0 Å². The molecule has 2 unspecified atom stereocenters. The first-order chi connectivity index (χ1) is 11.2. The van der Waals surface area contributed by atoms with Crippen LogP contribution in [-0.2, 0) is 9.47 Å². The predicted molar refractivity (Wildman–Crippen MR) is 79.8 cm³/mol. The molecule has 0 radical (unpaired) electrons. The Hall–Kier alpha value is -2.55. The van der Waals surface area contributed by atoms with Crippen LogP contribution in [0.15, 0.2) is 47.4 Å². The second-order valence-corrected chi connectivity index (χ2v) is 4.86. The molecule has 2 N–H and O–H groups in total. The van der Waals surface area contributed by atoms with Crippen LogP contribution in [0, 0.1) is 0 Å². The first-order valence-corrected chi connectivity index (χ1v) is 7.01. The van der Waals surface area contributed by atoms with Crippen molar-refractivity contribution in [3.63, 3.8) is 0 Å². The van der Waals surface area contributed by atoms with Gasteiger partial charge >= 0.3 is 5.69 Å². The van der Waals surface area contributed by atoms with E-state index in [1.807, 2.05) is 0 Å². The van der Waals surface area contributed by atoms with E-state index in [9.17, 15) is 9.59 Å². The molecule has 23 heavy (non-hydrogen) atoms. The fraction of sp³-hybridized carbons (Fsp3) is 0.267. The third kappa shape index (κ3) is 3.45. The molecule has 0 aliphatic carbocycles. The summed E-state index contributed by atoms with van der Waals surface area (Å²) >= 11 is 0. The van der Waals surface area contributed by atoms with Crippen molar-refractivity contribution < 1.29 is 19.4 Å². The Labute approximate surface area is 131 Å². The molecule has 1 aliphatic rings. The Bertz CT molecular complexity index is 746. The number of amides is 1. The average Bonchev–Trinajstić information content (AvgIpc) is 3.04. The van der Waals surface area contributed by atoms with Gasteiger partial charge in [-0.25, -0.2) is 4.79 Å². The Morgan fingerprint density at radius 3 is 2.78 bits per heavy atom. The van der Waals surface area contributed by atoms with Gasteiger partial charge < -0.3 is 19.9 Å². The maximum absolute atomic E-state index is 12.0. The molecule has 8 nitrogen and oxygen atoms in total. The maximum atomic E-state index is 12.0. The summed E-state index contributed by atoms with van der Waals surface area (Å²) in [6, 6.07) is 10.1. The van der Waals surface area contributed by atoms with E-state index >= 15 is 0 Å². The lowest BCUT2D eigenvalue weighted by Crippen LogP contribution is -2.29. The second kappa shape index (κ2) is 6.69. The fourth-order valence-corrected chi connectivity index (χ4v) is 2.16. The highest BCUT2D eigenvalue weighted by Gasteiger charge is 2.27. The van der Waals surface area contributed by atoms with Gasteiger partial charge in [0.15, 0.2) is 12.5 Å². The van der Waals surface area contributed by atoms with Crippen molar-refractivity contribution in [3.8, 4) is 0 Å². The van der Waals surface area contributed by atoms with Gasteiger partial charge in [0.2, 0.25) is 0 Å². The molecule has 2 atom stereocenters. The van der Waals surface area contributed by atoms with Crippen molar-refractivity contribution in [3.05, 3.63) is 58.6 Å². The van der Waals surface area contributed by atoms with E-state index in [1.165, 1.54) is 16.8 Å². The molecular weight excluding hydrogens is 302 g/mol. The van der Waals surface area contributed by atoms with Gasteiger partial charge in [0.25, 0.3) is 5.91 Å². The summed E-state index contributed by atoms with van der Waals surface area (Å²) in [5, 5.41) is 11.5. The topological polar surface area (TPSA) is 103 Å². The molecule has 1 aromatic carbocycles. The highest BCUT2D eigenvalue weighted by atomic mass is 16.7. The van der Waals surface area contributed by atoms with Gasteiger partial charge in [-0.15, -0.1) is 0 Å². The lowest BCUT2D eigenvalue weighted by Gasteiger charge is -2.12. The Balaban J connectivity index is 1.72. The van der Waals surface area contributed by atoms with Crippen LogP contribution in [0.1, 0.15) is 16.6 Å². The number of aliphatic hydroxyl groups is 1. The molecule has 120 valence electrons. The molecule has 1 aromatic heterocycles. The molecular formula is C15H15N3O5. The standard InChI is InChI=1S/C15H15N3O5/c19-8-13-22-9-12(23-13)18-7-6-11(17-15(18)21)16-14(20)10-4-2-1-3-5-10/h1-7,12-13,19H,8-9H2,(H,16,17,20,21). The molecule has 1 fully saturated rings. The maximum Gasteiger partial charge on any atom is 0.351 e. The summed E-state index contributed by atoms with van der Waals surface area (Å²) in [7, 11) is 0. The van der Waals surface area contributed by atoms with Crippen molar-refractivity contribution in [2.24, 2.45) is 0 Å². The Kier molecular flexibility index (Phi) is 4.47. The van der Waals surface area contributed by atoms with E-state index in [1.54, 1.807) is 30.3 Å². The van der Waals surface area contributed by atoms with Crippen LogP contribution in [0.4, 0.5) is 5.82 Å². The molecule has 1 saturated heterocycles. The van der Waals surface area contributed by atoms with Gasteiger partial charge in [-0.3, -0.25) is 9.36 Å². The van der Waals surface area contributed by atoms with Gasteiger partial charge in [0, 0.05) is 11.8 Å². The van der Waals surface area contributed by atoms with Gasteiger partial charge in [0.05, 0.1) is 13.2 Å². The highest BCUT2D eigenvalue weighted by molar-refractivity contribution is 6.03. The summed E-state index contributed by atoms with van der Waals surface area (Å²) in [6.07, 6.45) is 0.0689. The van der Waals surface area contributed by atoms with Crippen molar-refractivity contribution in [2.45, 2.75) is 12.5 Å². The zero-order chi connectivity index (χ0) is 16.2. The normalized spacial score (nSPS) is 20.4. The van der Waals surface area contributed by atoms with Crippen molar-refractivity contribution in [2.75, 3.05) is 18.5 Å². The van der Waals surface area contributed by atoms with Gasteiger partial charge in [-0.05, 0) is 18.2 Å². The molecule has 0 bridgehead atoms. The van der Waals surface area contributed by atoms with Crippen LogP contribution in [0.2, 0.25) is 0 Å². The third-order valence-corrected chi connectivity index (χ3v) is 3.30. The molecule has 8 heteroatoms. The summed E-state index contributed by atoms with van der Waals surface area (Å²) < 4.78 is 11.7. The van der Waals surface area contributed by atoms with Crippen molar-refractivity contribution in [1.29, 1.82) is 0 Å². The third-order valence-electron chi connectivity index (χ3n) is 3.30. The van der Waals surface area contributed by atoms with Gasteiger partial charge in [-0.1, -0.05) is 18.2 Å². The fourth-order valence-electron chi connectivity index (χ4n) is 2.16. The van der Waals surface area contributed by atoms with Gasteiger partial charge in [0.1, 0.15) is 5.82 Å². The second-order valence-electron chi connectivity index (χ2n) is 4.86. The van der Waals surface area contributed by atoms with E-state index < -0.39 is 18.2 Å². The number of benzene rings is 1. The van der Waals surface area contributed by atoms with E-state index in [2.05, 4.69) is 10.3 Å². The van der Waals surface area contributed by atoms with Crippen molar-refractivity contribution in [1.82, 2.24) is 9.55 Å². The van der Waals surface area contributed by atoms with Gasteiger partial charge in [-0.2, -0.15) is 4.98 Å². The lowest BCUT2D eigenvalue weighted by molar-refractivity contribution is -0.0992. The quantitative estimate of drug-likeness (QED) is 0.844. The minimum atomic E-state index is -0.746. The molecule has 0 saturated carbocycles. The number of carbonyl (C=O) groups excluding carboxylic acids is 1. The molecule has 1 amide bonds. The number of hydrogen-bond donors (Lipinski definition) is 2. The van der Waals surface area contributed by atoms with Crippen LogP contribution in [-0.4, -0.2) is 40.1 Å². The zero-order valence-electron chi connectivity index (χ0n) is 12.1. The summed E-state index contributed by atoms with van der Waals surface area (Å²) in [6.45, 7) is -0.146. The van der Waals surface area contributed by atoms with E-state index in [0.717, 1.165) is 0 Å². The number of aliphatic hydroxyl groups excluding tert-OH is 1. The van der Waals surface area contributed by atoms with Crippen LogP contribution in [0.25, 0.3) is 0 Å². The summed E-state index contributed by atoms with van der Waals surface area (Å²) in [5.41, 5.74) is -0.111. The van der Waals surface area contributed by atoms with Crippen molar-refractivity contribution >= 4 is 11.7 Å². The number of nitrogens with zero attached hydrogens (tertiary/aromatic N) is 2. The molecule has 3 rings (SSSR count). The number of anilines is 1. The van der Waals surface area contributed by atoms with E-state index in [4.69, 9.17) is 14.6 Å². The lowest BCUT2D eigenvalue weighted by atomic mass is 10.2. The van der Waals surface area contributed by atoms with Crippen LogP contribution in [0.3, 0.4) is 0 Å². The minimum absolute atomic E-state index is 0.141. The molecule has 2 heterocycles. The Morgan fingerprint density at radius 2 is 2.13 bits per heavy atom. The highest BCUT2D eigenvalue weighted by Crippen LogP contribution is 2.19. The first-order valence-electron chi connectivity index (χ1n) is 7.01. The SMILES string of the molecule is O=C(Nc1ccn(C2COC(CO)O2)c(=O)n1)c1ccccc1.